The van der Waals surface area contributed by atoms with Crippen LogP contribution in [0.1, 0.15) is 40.5 Å². The molecule has 78 valence electrons. The maximum atomic E-state index is 11.6. The Bertz CT molecular complexity index is 162. The number of amides is 1. The van der Waals surface area contributed by atoms with Gasteiger partial charge in [0.25, 0.3) is 0 Å². The van der Waals surface area contributed by atoms with E-state index in [4.69, 9.17) is 5.73 Å². The highest BCUT2D eigenvalue weighted by Gasteiger charge is 2.22. The number of carbonyl (C=O) groups is 1. The number of nitrogens with two attached hydrogens (primary N) is 1. The lowest BCUT2D eigenvalue weighted by atomic mass is 9.99. The lowest BCUT2D eigenvalue weighted by molar-refractivity contribution is -0.126. The van der Waals surface area contributed by atoms with Gasteiger partial charge in [-0.05, 0) is 26.7 Å². The Kier molecular flexibility index (Phi) is 4.99. The second-order valence-electron chi connectivity index (χ2n) is 4.07. The number of hydrogen-bond donors (Lipinski definition) is 2. The van der Waals surface area contributed by atoms with Crippen molar-refractivity contribution in [1.82, 2.24) is 5.32 Å². The molecule has 1 unspecified atom stereocenters. The first kappa shape index (κ1) is 12.4. The van der Waals surface area contributed by atoms with Crippen LogP contribution in [0.4, 0.5) is 0 Å². The molecule has 0 aliphatic heterocycles. The molecule has 0 aromatic carbocycles. The van der Waals surface area contributed by atoms with Gasteiger partial charge in [0.05, 0.1) is 0 Å². The van der Waals surface area contributed by atoms with Crippen LogP contribution in [0.5, 0.6) is 0 Å². The second-order valence-corrected chi connectivity index (χ2v) is 4.07. The maximum absolute atomic E-state index is 11.6. The van der Waals surface area contributed by atoms with E-state index in [1.54, 1.807) is 0 Å². The summed E-state index contributed by atoms with van der Waals surface area (Å²) in [7, 11) is 0. The topological polar surface area (TPSA) is 55.1 Å². The second kappa shape index (κ2) is 5.22. The molecule has 0 spiro atoms. The van der Waals surface area contributed by atoms with E-state index in [2.05, 4.69) is 12.2 Å². The first-order valence-corrected chi connectivity index (χ1v) is 4.99. The van der Waals surface area contributed by atoms with Gasteiger partial charge in [-0.3, -0.25) is 4.79 Å². The van der Waals surface area contributed by atoms with Crippen molar-refractivity contribution in [3.8, 4) is 0 Å². The zero-order valence-corrected chi connectivity index (χ0v) is 9.18. The fourth-order valence-corrected chi connectivity index (χ4v) is 0.983. The minimum Gasteiger partial charge on any atom is -0.351 e. The van der Waals surface area contributed by atoms with Crippen LogP contribution in [0, 0.1) is 5.92 Å². The molecular formula is C10H22N2O. The lowest BCUT2D eigenvalue weighted by Gasteiger charge is -2.26. The van der Waals surface area contributed by atoms with Gasteiger partial charge < -0.3 is 11.1 Å². The van der Waals surface area contributed by atoms with Gasteiger partial charge in [-0.25, -0.2) is 0 Å². The zero-order chi connectivity index (χ0) is 10.5. The SMILES string of the molecule is CCC(CN)C(=O)NC(C)(C)CC. The maximum Gasteiger partial charge on any atom is 0.224 e. The standard InChI is InChI=1S/C10H22N2O/c1-5-8(7-11)9(13)12-10(3,4)6-2/h8H,5-7,11H2,1-4H3,(H,12,13). The van der Waals surface area contributed by atoms with Crippen LogP contribution in [0.15, 0.2) is 0 Å². The van der Waals surface area contributed by atoms with Gasteiger partial charge in [0.1, 0.15) is 0 Å². The number of carbonyl (C=O) groups excluding carboxylic acids is 1. The van der Waals surface area contributed by atoms with Gasteiger partial charge in [0, 0.05) is 18.0 Å². The normalized spacial score (nSPS) is 13.9. The molecule has 0 heterocycles. The average molecular weight is 186 g/mol. The summed E-state index contributed by atoms with van der Waals surface area (Å²) in [5.41, 5.74) is 5.37. The van der Waals surface area contributed by atoms with Gasteiger partial charge in [-0.2, -0.15) is 0 Å². The fraction of sp³-hybridized carbons (Fsp3) is 0.900. The van der Waals surface area contributed by atoms with Crippen molar-refractivity contribution in [3.05, 3.63) is 0 Å². The highest BCUT2D eigenvalue weighted by molar-refractivity contribution is 5.79. The molecule has 0 radical (unpaired) electrons. The summed E-state index contributed by atoms with van der Waals surface area (Å²) < 4.78 is 0. The Morgan fingerprint density at radius 2 is 2.00 bits per heavy atom. The summed E-state index contributed by atoms with van der Waals surface area (Å²) in [5, 5.41) is 2.99. The third-order valence-electron chi connectivity index (χ3n) is 2.49. The Morgan fingerprint density at radius 3 is 2.31 bits per heavy atom. The van der Waals surface area contributed by atoms with E-state index in [0.29, 0.717) is 6.54 Å². The number of hydrogen-bond acceptors (Lipinski definition) is 2. The van der Waals surface area contributed by atoms with Gasteiger partial charge in [0.15, 0.2) is 0 Å². The highest BCUT2D eigenvalue weighted by atomic mass is 16.2. The average Bonchev–Trinajstić information content (AvgIpc) is 2.06. The molecule has 13 heavy (non-hydrogen) atoms. The van der Waals surface area contributed by atoms with Crippen LogP contribution in [-0.2, 0) is 4.79 Å². The Balaban J connectivity index is 4.13. The van der Waals surface area contributed by atoms with Crippen LogP contribution in [-0.4, -0.2) is 18.0 Å². The van der Waals surface area contributed by atoms with Gasteiger partial charge in [-0.15, -0.1) is 0 Å². The minimum atomic E-state index is -0.111. The molecule has 1 amide bonds. The van der Waals surface area contributed by atoms with E-state index in [-0.39, 0.29) is 17.4 Å². The molecule has 3 N–H and O–H groups in total. The van der Waals surface area contributed by atoms with E-state index in [1.165, 1.54) is 0 Å². The predicted molar refractivity (Wildman–Crippen MR) is 55.3 cm³/mol. The third kappa shape index (κ3) is 4.27. The van der Waals surface area contributed by atoms with Crippen LogP contribution < -0.4 is 11.1 Å². The van der Waals surface area contributed by atoms with Crippen molar-refractivity contribution in [2.45, 2.75) is 46.1 Å². The summed E-state index contributed by atoms with van der Waals surface area (Å²) in [6.45, 7) is 8.52. The van der Waals surface area contributed by atoms with Crippen molar-refractivity contribution in [2.75, 3.05) is 6.54 Å². The van der Waals surface area contributed by atoms with E-state index < -0.39 is 0 Å². The molecule has 0 rings (SSSR count). The molecule has 0 saturated carbocycles. The minimum absolute atomic E-state index is 0.0363. The molecule has 0 aliphatic rings. The first-order valence-electron chi connectivity index (χ1n) is 4.99. The Hall–Kier alpha value is -0.570. The fourth-order valence-electron chi connectivity index (χ4n) is 0.983. The third-order valence-corrected chi connectivity index (χ3v) is 2.49. The van der Waals surface area contributed by atoms with E-state index in [9.17, 15) is 4.79 Å². The van der Waals surface area contributed by atoms with Crippen LogP contribution in [0.3, 0.4) is 0 Å². The Morgan fingerprint density at radius 1 is 1.46 bits per heavy atom. The van der Waals surface area contributed by atoms with Crippen LogP contribution >= 0.6 is 0 Å². The zero-order valence-electron chi connectivity index (χ0n) is 9.18. The molecule has 0 saturated heterocycles. The van der Waals surface area contributed by atoms with Crippen molar-refractivity contribution < 1.29 is 4.79 Å². The smallest absolute Gasteiger partial charge is 0.224 e. The molecule has 3 nitrogen and oxygen atoms in total. The molecule has 0 aromatic rings. The van der Waals surface area contributed by atoms with Crippen molar-refractivity contribution in [3.63, 3.8) is 0 Å². The molecular weight excluding hydrogens is 164 g/mol. The van der Waals surface area contributed by atoms with E-state index in [0.717, 1.165) is 12.8 Å². The van der Waals surface area contributed by atoms with Crippen LogP contribution in [0.25, 0.3) is 0 Å². The van der Waals surface area contributed by atoms with Crippen LogP contribution in [0.2, 0.25) is 0 Å². The summed E-state index contributed by atoms with van der Waals surface area (Å²) in [6.07, 6.45) is 1.74. The van der Waals surface area contributed by atoms with Crippen molar-refractivity contribution in [1.29, 1.82) is 0 Å². The molecule has 0 fully saturated rings. The van der Waals surface area contributed by atoms with Crippen molar-refractivity contribution >= 4 is 5.91 Å². The van der Waals surface area contributed by atoms with Gasteiger partial charge in [-0.1, -0.05) is 13.8 Å². The molecule has 3 heteroatoms. The van der Waals surface area contributed by atoms with Crippen molar-refractivity contribution in [2.24, 2.45) is 11.7 Å². The monoisotopic (exact) mass is 186 g/mol. The number of rotatable bonds is 5. The highest BCUT2D eigenvalue weighted by Crippen LogP contribution is 2.09. The lowest BCUT2D eigenvalue weighted by Crippen LogP contribution is -2.47. The van der Waals surface area contributed by atoms with Gasteiger partial charge in [0.2, 0.25) is 5.91 Å². The summed E-state index contributed by atoms with van der Waals surface area (Å²) in [6, 6.07) is 0. The summed E-state index contributed by atoms with van der Waals surface area (Å²) in [5.74, 6) is 0.0441. The molecule has 0 aliphatic carbocycles. The molecule has 1 atom stereocenters. The number of nitrogens with one attached hydrogen (secondary N) is 1. The largest absolute Gasteiger partial charge is 0.351 e. The summed E-state index contributed by atoms with van der Waals surface area (Å²) in [4.78, 5) is 11.6. The summed E-state index contributed by atoms with van der Waals surface area (Å²) >= 11 is 0. The predicted octanol–water partition coefficient (Wildman–Crippen LogP) is 1.28. The first-order chi connectivity index (χ1) is 5.96. The molecule has 0 bridgehead atoms. The van der Waals surface area contributed by atoms with E-state index >= 15 is 0 Å². The molecule has 0 aromatic heterocycles. The van der Waals surface area contributed by atoms with Gasteiger partial charge >= 0.3 is 0 Å². The Labute approximate surface area is 81.1 Å². The quantitative estimate of drug-likeness (QED) is 0.679. The van der Waals surface area contributed by atoms with E-state index in [1.807, 2.05) is 20.8 Å².